The zero-order valence-electron chi connectivity index (χ0n) is 16.5. The van der Waals surface area contributed by atoms with E-state index < -0.39 is 0 Å². The molecule has 2 fully saturated rings. The van der Waals surface area contributed by atoms with Gasteiger partial charge in [-0.2, -0.15) is 4.98 Å². The van der Waals surface area contributed by atoms with Gasteiger partial charge in [0.2, 0.25) is 5.95 Å². The Morgan fingerprint density at radius 3 is 2.59 bits per heavy atom. The van der Waals surface area contributed by atoms with Crippen LogP contribution in [0.2, 0.25) is 10.0 Å². The first kappa shape index (κ1) is 20.5. The maximum atomic E-state index is 13.1. The Balaban J connectivity index is 1.66. The highest BCUT2D eigenvalue weighted by atomic mass is 35.5. The summed E-state index contributed by atoms with van der Waals surface area (Å²) in [6, 6.07) is 5.10. The van der Waals surface area contributed by atoms with Gasteiger partial charge in [0.15, 0.2) is 0 Å². The lowest BCUT2D eigenvalue weighted by Gasteiger charge is -2.42. The SMILES string of the molecule is Cc1c(N2CCC3(CC2)CO[C@H](C)[C@@H]3N)nc(N)n(-c2cccc(Cl)c2Cl)c1=O. The number of aromatic nitrogens is 2. The molecule has 1 spiro atoms. The van der Waals surface area contributed by atoms with Crippen molar-refractivity contribution in [3.63, 3.8) is 0 Å². The van der Waals surface area contributed by atoms with Gasteiger partial charge in [-0.25, -0.2) is 4.57 Å². The third-order valence-corrected chi connectivity index (χ3v) is 7.20. The fraction of sp³-hybridized carbons (Fsp3) is 0.500. The molecule has 0 unspecified atom stereocenters. The van der Waals surface area contributed by atoms with E-state index >= 15 is 0 Å². The van der Waals surface area contributed by atoms with Crippen LogP contribution >= 0.6 is 23.2 Å². The van der Waals surface area contributed by atoms with Crippen LogP contribution in [0.3, 0.4) is 0 Å². The summed E-state index contributed by atoms with van der Waals surface area (Å²) in [5, 5.41) is 0.615. The molecule has 1 aromatic carbocycles. The van der Waals surface area contributed by atoms with Crippen molar-refractivity contribution < 1.29 is 4.74 Å². The quantitative estimate of drug-likeness (QED) is 0.748. The fourth-order valence-electron chi connectivity index (χ4n) is 4.45. The third kappa shape index (κ3) is 3.30. The minimum atomic E-state index is -0.258. The van der Waals surface area contributed by atoms with Crippen LogP contribution in [0.5, 0.6) is 0 Å². The third-order valence-electron chi connectivity index (χ3n) is 6.39. The second-order valence-electron chi connectivity index (χ2n) is 8.02. The van der Waals surface area contributed by atoms with Gasteiger partial charge in [-0.05, 0) is 38.8 Å². The molecule has 156 valence electrons. The van der Waals surface area contributed by atoms with Crippen molar-refractivity contribution in [1.29, 1.82) is 0 Å². The van der Waals surface area contributed by atoms with Crippen LogP contribution in [0.15, 0.2) is 23.0 Å². The standard InChI is InChI=1S/C20H25Cl2N5O2/c1-11-17(26-8-6-20(7-9-26)10-29-12(2)16(20)23)25-19(24)27(18(11)28)14-5-3-4-13(21)15(14)22/h3-5,12,16H,6-10,23H2,1-2H3,(H2,24,25)/t12-,16+/m1/s1. The van der Waals surface area contributed by atoms with E-state index in [1.54, 1.807) is 25.1 Å². The van der Waals surface area contributed by atoms with E-state index in [1.807, 2.05) is 6.92 Å². The van der Waals surface area contributed by atoms with E-state index in [1.165, 1.54) is 4.57 Å². The molecule has 2 aliphatic rings. The number of nitrogen functional groups attached to an aromatic ring is 1. The largest absolute Gasteiger partial charge is 0.376 e. The van der Waals surface area contributed by atoms with Gasteiger partial charge in [0.1, 0.15) is 5.82 Å². The molecule has 4 rings (SSSR count). The van der Waals surface area contributed by atoms with Gasteiger partial charge in [-0.1, -0.05) is 29.3 Å². The Bertz CT molecular complexity index is 1000. The van der Waals surface area contributed by atoms with Gasteiger partial charge in [-0.15, -0.1) is 0 Å². The smallest absolute Gasteiger partial charge is 0.264 e. The average Bonchev–Trinajstić information content (AvgIpc) is 2.97. The van der Waals surface area contributed by atoms with Crippen molar-refractivity contribution in [2.24, 2.45) is 11.1 Å². The summed E-state index contributed by atoms with van der Waals surface area (Å²) < 4.78 is 7.10. The molecule has 0 bridgehead atoms. The molecule has 2 aliphatic heterocycles. The normalized spacial score (nSPS) is 23.7. The Morgan fingerprint density at radius 2 is 1.97 bits per heavy atom. The number of ether oxygens (including phenoxy) is 1. The van der Waals surface area contributed by atoms with Crippen LogP contribution in [-0.4, -0.2) is 41.4 Å². The van der Waals surface area contributed by atoms with E-state index in [0.29, 0.717) is 28.7 Å². The molecule has 2 atom stereocenters. The summed E-state index contributed by atoms with van der Waals surface area (Å²) >= 11 is 12.4. The summed E-state index contributed by atoms with van der Waals surface area (Å²) in [6.45, 7) is 5.97. The Morgan fingerprint density at radius 1 is 1.28 bits per heavy atom. The monoisotopic (exact) mass is 437 g/mol. The summed E-state index contributed by atoms with van der Waals surface area (Å²) in [4.78, 5) is 19.8. The number of piperidine rings is 1. The van der Waals surface area contributed by atoms with Gasteiger partial charge in [0.25, 0.3) is 5.56 Å². The van der Waals surface area contributed by atoms with Crippen LogP contribution in [0.25, 0.3) is 5.69 Å². The zero-order valence-corrected chi connectivity index (χ0v) is 18.0. The van der Waals surface area contributed by atoms with Crippen molar-refractivity contribution in [2.45, 2.75) is 38.8 Å². The lowest BCUT2D eigenvalue weighted by Crippen LogP contribution is -2.51. The van der Waals surface area contributed by atoms with Gasteiger partial charge < -0.3 is 21.1 Å². The van der Waals surface area contributed by atoms with Crippen molar-refractivity contribution in [3.8, 4) is 5.69 Å². The predicted molar refractivity (Wildman–Crippen MR) is 116 cm³/mol. The Labute approximate surface area is 179 Å². The van der Waals surface area contributed by atoms with Crippen molar-refractivity contribution in [2.75, 3.05) is 30.3 Å². The number of halogens is 2. The summed E-state index contributed by atoms with van der Waals surface area (Å²) in [5.41, 5.74) is 13.3. The molecule has 2 aromatic rings. The Hall–Kier alpha value is -1.80. The van der Waals surface area contributed by atoms with E-state index in [-0.39, 0.29) is 34.1 Å². The number of benzene rings is 1. The maximum Gasteiger partial charge on any atom is 0.264 e. The maximum absolute atomic E-state index is 13.1. The van der Waals surface area contributed by atoms with Crippen LogP contribution in [0, 0.1) is 12.3 Å². The predicted octanol–water partition coefficient (Wildman–Crippen LogP) is 2.76. The number of anilines is 2. The number of nitrogens with two attached hydrogens (primary N) is 2. The second kappa shape index (κ2) is 7.47. The summed E-state index contributed by atoms with van der Waals surface area (Å²) in [6.07, 6.45) is 1.86. The summed E-state index contributed by atoms with van der Waals surface area (Å²) in [7, 11) is 0. The average molecular weight is 438 g/mol. The number of hydrogen-bond donors (Lipinski definition) is 2. The molecule has 1 aromatic heterocycles. The first-order valence-electron chi connectivity index (χ1n) is 9.71. The second-order valence-corrected chi connectivity index (χ2v) is 8.81. The lowest BCUT2D eigenvalue weighted by atomic mass is 9.73. The Kier molecular flexibility index (Phi) is 5.27. The van der Waals surface area contributed by atoms with Crippen LogP contribution < -0.4 is 21.9 Å². The van der Waals surface area contributed by atoms with Crippen molar-refractivity contribution >= 4 is 35.0 Å². The highest BCUT2D eigenvalue weighted by molar-refractivity contribution is 6.43. The molecule has 2 saturated heterocycles. The van der Waals surface area contributed by atoms with Gasteiger partial charge in [-0.3, -0.25) is 4.79 Å². The molecular weight excluding hydrogens is 413 g/mol. The zero-order chi connectivity index (χ0) is 20.9. The van der Waals surface area contributed by atoms with E-state index in [9.17, 15) is 4.79 Å². The van der Waals surface area contributed by atoms with Gasteiger partial charge in [0.05, 0.1) is 34.0 Å². The van der Waals surface area contributed by atoms with Gasteiger partial charge in [0, 0.05) is 24.5 Å². The fourth-order valence-corrected chi connectivity index (χ4v) is 4.83. The first-order valence-corrected chi connectivity index (χ1v) is 10.5. The van der Waals surface area contributed by atoms with Crippen LogP contribution in [0.1, 0.15) is 25.3 Å². The number of hydrogen-bond acceptors (Lipinski definition) is 6. The minimum Gasteiger partial charge on any atom is -0.376 e. The molecule has 3 heterocycles. The highest BCUT2D eigenvalue weighted by Gasteiger charge is 2.47. The van der Waals surface area contributed by atoms with Crippen molar-refractivity contribution in [3.05, 3.63) is 44.2 Å². The minimum absolute atomic E-state index is 0.00133. The van der Waals surface area contributed by atoms with Crippen LogP contribution in [-0.2, 0) is 4.74 Å². The molecule has 4 N–H and O–H groups in total. The topological polar surface area (TPSA) is 99.4 Å². The van der Waals surface area contributed by atoms with Crippen molar-refractivity contribution in [1.82, 2.24) is 9.55 Å². The lowest BCUT2D eigenvalue weighted by molar-refractivity contribution is 0.0974. The molecule has 0 amide bonds. The molecule has 7 nitrogen and oxygen atoms in total. The van der Waals surface area contributed by atoms with Crippen LogP contribution in [0.4, 0.5) is 11.8 Å². The van der Waals surface area contributed by atoms with E-state index in [0.717, 1.165) is 25.9 Å². The molecule has 0 saturated carbocycles. The van der Waals surface area contributed by atoms with Gasteiger partial charge >= 0.3 is 0 Å². The summed E-state index contributed by atoms with van der Waals surface area (Å²) in [5.74, 6) is 0.687. The van der Waals surface area contributed by atoms with E-state index in [4.69, 9.17) is 39.4 Å². The molecule has 0 aliphatic carbocycles. The first-order chi connectivity index (χ1) is 13.7. The number of rotatable bonds is 2. The molecule has 29 heavy (non-hydrogen) atoms. The molecule has 0 radical (unpaired) electrons. The highest BCUT2D eigenvalue weighted by Crippen LogP contribution is 2.42. The van der Waals surface area contributed by atoms with E-state index in [2.05, 4.69) is 9.88 Å². The number of nitrogens with zero attached hydrogens (tertiary/aromatic N) is 3. The molecular formula is C20H25Cl2N5O2. The molecule has 9 heteroatoms.